The van der Waals surface area contributed by atoms with Gasteiger partial charge in [0.2, 0.25) is 0 Å². The molecule has 0 spiro atoms. The number of rotatable bonds is 3. The zero-order valence-electron chi connectivity index (χ0n) is 11.8. The summed E-state index contributed by atoms with van der Waals surface area (Å²) in [6, 6.07) is 7.06. The minimum atomic E-state index is -4.53. The summed E-state index contributed by atoms with van der Waals surface area (Å²) in [5, 5.41) is 13.5. The first kappa shape index (κ1) is 17.6. The van der Waals surface area contributed by atoms with Crippen molar-refractivity contribution < 1.29 is 27.9 Å². The molecule has 0 atom stereocenters. The van der Waals surface area contributed by atoms with Crippen LogP contribution in [-0.4, -0.2) is 17.1 Å². The standard InChI is InChI=1S/C15H10ClF3N2O3/c16-12-5-4-10(7-11(12)13(22)23)21-14(24)20-9-3-1-2-8(6-9)15(17,18)19/h1-7H,(H,22,23)(H2,20,21,24). The Morgan fingerprint density at radius 3 is 2.21 bits per heavy atom. The van der Waals surface area contributed by atoms with E-state index in [0.29, 0.717) is 0 Å². The van der Waals surface area contributed by atoms with E-state index >= 15 is 0 Å². The smallest absolute Gasteiger partial charge is 0.416 e. The summed E-state index contributed by atoms with van der Waals surface area (Å²) >= 11 is 5.70. The van der Waals surface area contributed by atoms with Crippen molar-refractivity contribution in [3.8, 4) is 0 Å². The fourth-order valence-corrected chi connectivity index (χ4v) is 2.03. The molecule has 0 aliphatic heterocycles. The second-order valence-corrected chi connectivity index (χ2v) is 5.06. The average Bonchev–Trinajstić information content (AvgIpc) is 2.48. The van der Waals surface area contributed by atoms with Gasteiger partial charge < -0.3 is 15.7 Å². The topological polar surface area (TPSA) is 78.4 Å². The van der Waals surface area contributed by atoms with Crippen LogP contribution in [0.4, 0.5) is 29.3 Å². The summed E-state index contributed by atoms with van der Waals surface area (Å²) < 4.78 is 37.8. The van der Waals surface area contributed by atoms with Crippen molar-refractivity contribution in [3.05, 3.63) is 58.6 Å². The van der Waals surface area contributed by atoms with Crippen molar-refractivity contribution in [2.45, 2.75) is 6.18 Å². The predicted octanol–water partition coefficient (Wildman–Crippen LogP) is 4.70. The van der Waals surface area contributed by atoms with Crippen LogP contribution in [-0.2, 0) is 6.18 Å². The van der Waals surface area contributed by atoms with Gasteiger partial charge in [-0.25, -0.2) is 9.59 Å². The number of carbonyl (C=O) groups is 2. The molecule has 24 heavy (non-hydrogen) atoms. The van der Waals surface area contributed by atoms with Crippen molar-refractivity contribution in [2.75, 3.05) is 10.6 Å². The lowest BCUT2D eigenvalue weighted by Crippen LogP contribution is -2.20. The summed E-state index contributed by atoms with van der Waals surface area (Å²) in [6.45, 7) is 0. The molecule has 126 valence electrons. The summed E-state index contributed by atoms with van der Waals surface area (Å²) in [7, 11) is 0. The maximum absolute atomic E-state index is 12.6. The van der Waals surface area contributed by atoms with Gasteiger partial charge >= 0.3 is 18.2 Å². The Balaban J connectivity index is 2.12. The van der Waals surface area contributed by atoms with E-state index in [2.05, 4.69) is 10.6 Å². The summed E-state index contributed by atoms with van der Waals surface area (Å²) in [5.74, 6) is -1.28. The molecule has 5 nitrogen and oxygen atoms in total. The fourth-order valence-electron chi connectivity index (χ4n) is 1.83. The van der Waals surface area contributed by atoms with Crippen LogP contribution < -0.4 is 10.6 Å². The van der Waals surface area contributed by atoms with Gasteiger partial charge in [-0.05, 0) is 36.4 Å². The third kappa shape index (κ3) is 4.39. The van der Waals surface area contributed by atoms with Gasteiger partial charge in [0.05, 0.1) is 16.1 Å². The molecule has 0 heterocycles. The number of nitrogens with one attached hydrogen (secondary N) is 2. The lowest BCUT2D eigenvalue weighted by atomic mass is 10.2. The van der Waals surface area contributed by atoms with Crippen LogP contribution in [0.1, 0.15) is 15.9 Å². The molecule has 2 aromatic rings. The molecule has 0 aliphatic rings. The number of carboxylic acids is 1. The van der Waals surface area contributed by atoms with Gasteiger partial charge in [0.1, 0.15) is 0 Å². The van der Waals surface area contributed by atoms with Gasteiger partial charge in [-0.15, -0.1) is 0 Å². The van der Waals surface area contributed by atoms with Gasteiger partial charge in [0.25, 0.3) is 0 Å². The second kappa shape index (κ2) is 6.79. The average molecular weight is 359 g/mol. The van der Waals surface area contributed by atoms with Gasteiger partial charge in [0.15, 0.2) is 0 Å². The van der Waals surface area contributed by atoms with Crippen molar-refractivity contribution >= 4 is 35.0 Å². The highest BCUT2D eigenvalue weighted by molar-refractivity contribution is 6.33. The Morgan fingerprint density at radius 2 is 1.62 bits per heavy atom. The van der Waals surface area contributed by atoms with Crippen molar-refractivity contribution in [3.63, 3.8) is 0 Å². The van der Waals surface area contributed by atoms with Crippen LogP contribution in [0.15, 0.2) is 42.5 Å². The Morgan fingerprint density at radius 1 is 1.00 bits per heavy atom. The normalized spacial score (nSPS) is 11.0. The van der Waals surface area contributed by atoms with Crippen molar-refractivity contribution in [1.29, 1.82) is 0 Å². The highest BCUT2D eigenvalue weighted by atomic mass is 35.5. The minimum absolute atomic E-state index is 0.00802. The predicted molar refractivity (Wildman–Crippen MR) is 82.5 cm³/mol. The van der Waals surface area contributed by atoms with Crippen LogP contribution in [0.25, 0.3) is 0 Å². The molecule has 0 aromatic heterocycles. The molecule has 0 saturated carbocycles. The third-order valence-corrected chi connectivity index (χ3v) is 3.23. The highest BCUT2D eigenvalue weighted by Crippen LogP contribution is 2.30. The first-order valence-corrected chi connectivity index (χ1v) is 6.83. The number of carboxylic acid groups (broad SMARTS) is 1. The molecular formula is C15H10ClF3N2O3. The van der Waals surface area contributed by atoms with Gasteiger partial charge in [-0.2, -0.15) is 13.2 Å². The molecule has 0 bridgehead atoms. The zero-order valence-corrected chi connectivity index (χ0v) is 12.6. The van der Waals surface area contributed by atoms with E-state index < -0.39 is 23.7 Å². The first-order chi connectivity index (χ1) is 11.2. The molecule has 9 heteroatoms. The Hall–Kier alpha value is -2.74. The van der Waals surface area contributed by atoms with Gasteiger partial charge in [-0.3, -0.25) is 0 Å². The van der Waals surface area contributed by atoms with Crippen molar-refractivity contribution in [1.82, 2.24) is 0 Å². The monoisotopic (exact) mass is 358 g/mol. The maximum Gasteiger partial charge on any atom is 0.416 e. The van der Waals surface area contributed by atoms with E-state index in [1.807, 2.05) is 0 Å². The molecule has 2 rings (SSSR count). The van der Waals surface area contributed by atoms with E-state index in [4.69, 9.17) is 16.7 Å². The van der Waals surface area contributed by atoms with E-state index in [1.165, 1.54) is 18.2 Å². The Bertz CT molecular complexity index is 794. The maximum atomic E-state index is 12.6. The molecule has 0 unspecified atom stereocenters. The number of halogens is 4. The molecule has 0 aliphatic carbocycles. The summed E-state index contributed by atoms with van der Waals surface area (Å²) in [4.78, 5) is 22.8. The largest absolute Gasteiger partial charge is 0.478 e. The van der Waals surface area contributed by atoms with Gasteiger partial charge in [-0.1, -0.05) is 17.7 Å². The number of urea groups is 1. The highest BCUT2D eigenvalue weighted by Gasteiger charge is 2.30. The Labute approximate surface area is 139 Å². The quantitative estimate of drug-likeness (QED) is 0.744. The van der Waals surface area contributed by atoms with Crippen LogP contribution >= 0.6 is 11.6 Å². The lowest BCUT2D eigenvalue weighted by Gasteiger charge is -2.11. The molecule has 2 amide bonds. The molecule has 2 aromatic carbocycles. The molecule has 0 radical (unpaired) electrons. The molecule has 0 fully saturated rings. The number of benzene rings is 2. The van der Waals surface area contributed by atoms with Gasteiger partial charge in [0, 0.05) is 11.4 Å². The lowest BCUT2D eigenvalue weighted by molar-refractivity contribution is -0.137. The summed E-state index contributed by atoms with van der Waals surface area (Å²) in [6.07, 6.45) is -4.53. The first-order valence-electron chi connectivity index (χ1n) is 6.45. The number of amides is 2. The van der Waals surface area contributed by atoms with Crippen molar-refractivity contribution in [2.24, 2.45) is 0 Å². The van der Waals surface area contributed by atoms with E-state index in [0.717, 1.165) is 24.3 Å². The van der Waals surface area contributed by atoms with E-state index in [-0.39, 0.29) is 22.0 Å². The SMILES string of the molecule is O=C(Nc1cccc(C(F)(F)F)c1)Nc1ccc(Cl)c(C(=O)O)c1. The van der Waals surface area contributed by atoms with Crippen LogP contribution in [0, 0.1) is 0 Å². The fraction of sp³-hybridized carbons (Fsp3) is 0.0667. The molecule has 3 N–H and O–H groups in total. The van der Waals surface area contributed by atoms with Crippen LogP contribution in [0.2, 0.25) is 5.02 Å². The number of alkyl halides is 3. The second-order valence-electron chi connectivity index (χ2n) is 4.66. The number of hydrogen-bond acceptors (Lipinski definition) is 2. The van der Waals surface area contributed by atoms with E-state index in [9.17, 15) is 22.8 Å². The number of hydrogen-bond donors (Lipinski definition) is 3. The number of anilines is 2. The molecular weight excluding hydrogens is 349 g/mol. The third-order valence-electron chi connectivity index (χ3n) is 2.90. The Kier molecular flexibility index (Phi) is 4.99. The number of aromatic carboxylic acids is 1. The minimum Gasteiger partial charge on any atom is -0.478 e. The van der Waals surface area contributed by atoms with E-state index in [1.54, 1.807) is 0 Å². The summed E-state index contributed by atoms with van der Waals surface area (Å²) in [5.41, 5.74) is -1.05. The molecule has 0 saturated heterocycles. The number of carbonyl (C=O) groups excluding carboxylic acids is 1. The zero-order chi connectivity index (χ0) is 17.9. The van der Waals surface area contributed by atoms with Crippen LogP contribution in [0.5, 0.6) is 0 Å². The van der Waals surface area contributed by atoms with Crippen LogP contribution in [0.3, 0.4) is 0 Å².